The van der Waals surface area contributed by atoms with Gasteiger partial charge in [-0.2, -0.15) is 0 Å². The lowest BCUT2D eigenvalue weighted by molar-refractivity contribution is 0.0631. The standard InChI is InChI=1S/C19H20N2O3S/c1-14-5-2-3-8-17(14)20-18(22)15-6-4-7-16(13-15)24-19(25)21-9-11-23-12-10-21/h2-8,13H,9-12H2,1H3,(H,20,22). The van der Waals surface area contributed by atoms with Gasteiger partial charge < -0.3 is 19.7 Å². The Morgan fingerprint density at radius 2 is 1.92 bits per heavy atom. The molecule has 1 N–H and O–H groups in total. The van der Waals surface area contributed by atoms with Crippen LogP contribution in [0, 0.1) is 6.92 Å². The van der Waals surface area contributed by atoms with Gasteiger partial charge in [-0.15, -0.1) is 0 Å². The quantitative estimate of drug-likeness (QED) is 0.856. The second-order valence-corrected chi connectivity index (χ2v) is 6.11. The summed E-state index contributed by atoms with van der Waals surface area (Å²) in [7, 11) is 0. The van der Waals surface area contributed by atoms with Gasteiger partial charge in [0, 0.05) is 24.3 Å². The average molecular weight is 356 g/mol. The molecule has 2 aromatic carbocycles. The second kappa shape index (κ2) is 8.09. The lowest BCUT2D eigenvalue weighted by Crippen LogP contribution is -2.42. The van der Waals surface area contributed by atoms with Crippen molar-refractivity contribution in [2.75, 3.05) is 31.6 Å². The number of aryl methyl sites for hydroxylation is 1. The maximum absolute atomic E-state index is 12.5. The van der Waals surface area contributed by atoms with Crippen LogP contribution in [-0.2, 0) is 4.74 Å². The number of amides is 1. The summed E-state index contributed by atoms with van der Waals surface area (Å²) in [4.78, 5) is 14.4. The van der Waals surface area contributed by atoms with Crippen molar-refractivity contribution in [2.24, 2.45) is 0 Å². The molecule has 1 fully saturated rings. The number of anilines is 1. The van der Waals surface area contributed by atoms with Crippen molar-refractivity contribution in [3.05, 3.63) is 59.7 Å². The predicted octanol–water partition coefficient (Wildman–Crippen LogP) is 3.24. The maximum atomic E-state index is 12.5. The van der Waals surface area contributed by atoms with Gasteiger partial charge in [-0.1, -0.05) is 24.3 Å². The molecular weight excluding hydrogens is 336 g/mol. The first-order valence-electron chi connectivity index (χ1n) is 8.15. The summed E-state index contributed by atoms with van der Waals surface area (Å²) in [5.74, 6) is 0.367. The Labute approximate surface area is 152 Å². The Hall–Kier alpha value is -2.44. The van der Waals surface area contributed by atoms with Crippen LogP contribution in [0.1, 0.15) is 15.9 Å². The summed E-state index contributed by atoms with van der Waals surface area (Å²) in [6.45, 7) is 4.67. The smallest absolute Gasteiger partial charge is 0.264 e. The molecule has 6 heteroatoms. The molecule has 1 aliphatic heterocycles. The van der Waals surface area contributed by atoms with E-state index in [-0.39, 0.29) is 5.91 Å². The predicted molar refractivity (Wildman–Crippen MR) is 101 cm³/mol. The second-order valence-electron chi connectivity index (χ2n) is 5.76. The molecule has 1 amide bonds. The Morgan fingerprint density at radius 3 is 2.68 bits per heavy atom. The highest BCUT2D eigenvalue weighted by molar-refractivity contribution is 7.80. The third-order valence-corrected chi connectivity index (χ3v) is 4.31. The highest BCUT2D eigenvalue weighted by Gasteiger charge is 2.16. The molecule has 0 saturated carbocycles. The van der Waals surface area contributed by atoms with E-state index >= 15 is 0 Å². The van der Waals surface area contributed by atoms with Gasteiger partial charge in [0.15, 0.2) is 0 Å². The van der Waals surface area contributed by atoms with Crippen molar-refractivity contribution in [3.8, 4) is 5.75 Å². The van der Waals surface area contributed by atoms with Gasteiger partial charge in [-0.25, -0.2) is 0 Å². The number of carbonyl (C=O) groups excluding carboxylic acids is 1. The SMILES string of the molecule is Cc1ccccc1NC(=O)c1cccc(OC(=S)N2CCOCC2)c1. The van der Waals surface area contributed by atoms with Crippen LogP contribution in [0.2, 0.25) is 0 Å². The molecule has 1 aliphatic rings. The monoisotopic (exact) mass is 356 g/mol. The number of rotatable bonds is 3. The van der Waals surface area contributed by atoms with Crippen LogP contribution < -0.4 is 10.1 Å². The Morgan fingerprint density at radius 1 is 1.16 bits per heavy atom. The zero-order valence-corrected chi connectivity index (χ0v) is 14.8. The number of benzene rings is 2. The fourth-order valence-electron chi connectivity index (χ4n) is 2.52. The zero-order chi connectivity index (χ0) is 17.6. The molecule has 0 spiro atoms. The van der Waals surface area contributed by atoms with Crippen molar-refractivity contribution in [2.45, 2.75) is 6.92 Å². The fourth-order valence-corrected chi connectivity index (χ4v) is 2.80. The summed E-state index contributed by atoms with van der Waals surface area (Å²) >= 11 is 5.33. The van der Waals surface area contributed by atoms with Crippen molar-refractivity contribution < 1.29 is 14.3 Å². The number of ether oxygens (including phenoxy) is 2. The van der Waals surface area contributed by atoms with E-state index in [9.17, 15) is 4.79 Å². The summed E-state index contributed by atoms with van der Waals surface area (Å²) < 4.78 is 11.0. The number of thiocarbonyl (C=S) groups is 1. The first-order valence-corrected chi connectivity index (χ1v) is 8.56. The minimum absolute atomic E-state index is 0.183. The summed E-state index contributed by atoms with van der Waals surface area (Å²) in [5.41, 5.74) is 2.32. The third kappa shape index (κ3) is 4.55. The number of hydrogen-bond acceptors (Lipinski definition) is 4. The Bertz CT molecular complexity index is 773. The van der Waals surface area contributed by atoms with Crippen molar-refractivity contribution in [1.82, 2.24) is 4.90 Å². The zero-order valence-electron chi connectivity index (χ0n) is 14.0. The maximum Gasteiger partial charge on any atom is 0.264 e. The highest BCUT2D eigenvalue weighted by atomic mass is 32.1. The number of morpholine rings is 1. The van der Waals surface area contributed by atoms with E-state index in [1.165, 1.54) is 0 Å². The summed E-state index contributed by atoms with van der Waals surface area (Å²) in [5, 5.41) is 3.32. The minimum atomic E-state index is -0.183. The van der Waals surface area contributed by atoms with Crippen molar-refractivity contribution in [3.63, 3.8) is 0 Å². The van der Waals surface area contributed by atoms with E-state index in [2.05, 4.69) is 5.32 Å². The highest BCUT2D eigenvalue weighted by Crippen LogP contribution is 2.18. The molecule has 2 aromatic rings. The van der Waals surface area contributed by atoms with E-state index < -0.39 is 0 Å². The molecule has 0 aromatic heterocycles. The van der Waals surface area contributed by atoms with Gasteiger partial charge in [0.2, 0.25) is 0 Å². The number of hydrogen-bond donors (Lipinski definition) is 1. The Kier molecular flexibility index (Phi) is 5.63. The number of nitrogens with zero attached hydrogens (tertiary/aromatic N) is 1. The van der Waals surface area contributed by atoms with Gasteiger partial charge in [-0.3, -0.25) is 4.79 Å². The molecule has 3 rings (SSSR count). The molecule has 5 nitrogen and oxygen atoms in total. The van der Waals surface area contributed by atoms with Crippen LogP contribution in [0.4, 0.5) is 5.69 Å². The topological polar surface area (TPSA) is 50.8 Å². The number of para-hydroxylation sites is 1. The van der Waals surface area contributed by atoms with Crippen molar-refractivity contribution >= 4 is 29.0 Å². The molecule has 25 heavy (non-hydrogen) atoms. The van der Waals surface area contributed by atoms with Crippen LogP contribution in [0.25, 0.3) is 0 Å². The third-order valence-electron chi connectivity index (χ3n) is 3.96. The molecule has 130 valence electrons. The average Bonchev–Trinajstić information content (AvgIpc) is 2.64. The van der Waals surface area contributed by atoms with Gasteiger partial charge in [0.25, 0.3) is 11.1 Å². The molecule has 1 heterocycles. The van der Waals surface area contributed by atoms with Crippen LogP contribution in [0.15, 0.2) is 48.5 Å². The molecule has 0 atom stereocenters. The minimum Gasteiger partial charge on any atom is -0.432 e. The van der Waals surface area contributed by atoms with Crippen LogP contribution in [0.5, 0.6) is 5.75 Å². The first-order chi connectivity index (χ1) is 12.1. The molecular formula is C19H20N2O3S. The van der Waals surface area contributed by atoms with E-state index in [0.29, 0.717) is 42.8 Å². The lowest BCUT2D eigenvalue weighted by Gasteiger charge is -2.28. The fraction of sp³-hybridized carbons (Fsp3) is 0.263. The number of nitrogens with one attached hydrogen (secondary N) is 1. The molecule has 0 unspecified atom stereocenters. The first kappa shape index (κ1) is 17.4. The normalized spacial score (nSPS) is 14.0. The van der Waals surface area contributed by atoms with Gasteiger partial charge in [0.1, 0.15) is 5.75 Å². The summed E-state index contributed by atoms with van der Waals surface area (Å²) in [6.07, 6.45) is 0. The lowest BCUT2D eigenvalue weighted by atomic mass is 10.1. The molecule has 0 bridgehead atoms. The van der Waals surface area contributed by atoms with Crippen LogP contribution >= 0.6 is 12.2 Å². The van der Waals surface area contributed by atoms with Crippen LogP contribution in [-0.4, -0.2) is 42.3 Å². The molecule has 1 saturated heterocycles. The van der Waals surface area contributed by atoms with E-state index in [1.54, 1.807) is 24.3 Å². The van der Waals surface area contributed by atoms with E-state index in [1.807, 2.05) is 36.1 Å². The number of carbonyl (C=O) groups is 1. The van der Waals surface area contributed by atoms with E-state index in [4.69, 9.17) is 21.7 Å². The molecule has 0 radical (unpaired) electrons. The van der Waals surface area contributed by atoms with Crippen molar-refractivity contribution in [1.29, 1.82) is 0 Å². The van der Waals surface area contributed by atoms with E-state index in [0.717, 1.165) is 11.3 Å². The van der Waals surface area contributed by atoms with Crippen LogP contribution in [0.3, 0.4) is 0 Å². The largest absolute Gasteiger partial charge is 0.432 e. The van der Waals surface area contributed by atoms with Gasteiger partial charge in [-0.05, 0) is 49.0 Å². The van der Waals surface area contributed by atoms with Gasteiger partial charge in [0.05, 0.1) is 13.2 Å². The Balaban J connectivity index is 1.67. The molecule has 0 aliphatic carbocycles. The van der Waals surface area contributed by atoms with Gasteiger partial charge >= 0.3 is 0 Å². The summed E-state index contributed by atoms with van der Waals surface area (Å²) in [6, 6.07) is 14.7.